The smallest absolute Gasteiger partial charge is 0.312 e. The maximum atomic E-state index is 12.5. The van der Waals surface area contributed by atoms with E-state index in [0.29, 0.717) is 0 Å². The van der Waals surface area contributed by atoms with E-state index in [1.807, 2.05) is 0 Å². The van der Waals surface area contributed by atoms with Gasteiger partial charge >= 0.3 is 11.9 Å². The van der Waals surface area contributed by atoms with Gasteiger partial charge in [-0.15, -0.1) is 23.2 Å². The monoisotopic (exact) mass is 474 g/mol. The Kier molecular flexibility index (Phi) is 6.40. The molecule has 142 valence electrons. The average molecular weight is 477 g/mol. The number of ether oxygens (including phenoxy) is 2. The first-order valence-electron chi connectivity index (χ1n) is 6.90. The molecular weight excluding hydrogens is 465 g/mol. The zero-order chi connectivity index (χ0) is 19.2. The lowest BCUT2D eigenvalue weighted by Gasteiger charge is -2.33. The van der Waals surface area contributed by atoms with Crippen molar-refractivity contribution < 1.29 is 29.3 Å². The Balaban J connectivity index is 2.58. The topological polar surface area (TPSA) is 93.1 Å². The van der Waals surface area contributed by atoms with Crippen molar-refractivity contribution >= 4 is 81.5 Å². The fourth-order valence-corrected chi connectivity index (χ4v) is 5.97. The van der Waals surface area contributed by atoms with Gasteiger partial charge in [0, 0.05) is 0 Å². The molecule has 1 fully saturated rings. The van der Waals surface area contributed by atoms with Gasteiger partial charge in [-0.1, -0.05) is 46.4 Å². The number of fused-ring (bicyclic) bond motifs is 2. The quantitative estimate of drug-likeness (QED) is 0.450. The van der Waals surface area contributed by atoms with E-state index in [2.05, 4.69) is 0 Å². The van der Waals surface area contributed by atoms with Crippen molar-refractivity contribution in [3.63, 3.8) is 0 Å². The largest absolute Gasteiger partial charge is 0.463 e. The predicted octanol–water partition coefficient (Wildman–Crippen LogP) is 2.14. The Bertz CT molecular complexity index is 574. The molecular formula is C13H12Cl6O6. The van der Waals surface area contributed by atoms with Crippen molar-refractivity contribution in [2.24, 2.45) is 11.8 Å². The molecule has 0 amide bonds. The number of halogens is 6. The van der Waals surface area contributed by atoms with Crippen molar-refractivity contribution in [3.8, 4) is 0 Å². The third-order valence-electron chi connectivity index (χ3n) is 4.11. The molecule has 0 saturated heterocycles. The minimum atomic E-state index is -2.15. The first kappa shape index (κ1) is 21.6. The second kappa shape index (κ2) is 7.40. The summed E-state index contributed by atoms with van der Waals surface area (Å²) >= 11 is 37.9. The van der Waals surface area contributed by atoms with E-state index in [4.69, 9.17) is 89.3 Å². The van der Waals surface area contributed by atoms with Gasteiger partial charge in [0.15, 0.2) is 4.33 Å². The molecule has 2 rings (SSSR count). The van der Waals surface area contributed by atoms with Crippen LogP contribution in [-0.2, 0) is 19.1 Å². The standard InChI is InChI=1S/C13H12Cl6O6/c14-7-8(15)12(17)6(10(23)25-4-2-21)5(9(22)24-3-1-20)11(7,16)13(12,18)19/h5-6,20-21H,1-4H2. The SMILES string of the molecule is O=C(OCCO)C1C(C(=O)OCCO)C2(Cl)C(Cl)=C(Cl)C1(Cl)C2(Cl)Cl. The predicted molar refractivity (Wildman–Crippen MR) is 93.4 cm³/mol. The van der Waals surface area contributed by atoms with E-state index in [-0.39, 0.29) is 23.3 Å². The number of hydrogen-bond donors (Lipinski definition) is 2. The number of aliphatic hydroxyl groups excluding tert-OH is 2. The molecule has 2 aliphatic rings. The van der Waals surface area contributed by atoms with Crippen LogP contribution in [0, 0.1) is 11.8 Å². The Morgan fingerprint density at radius 3 is 1.44 bits per heavy atom. The van der Waals surface area contributed by atoms with Crippen molar-refractivity contribution in [2.75, 3.05) is 26.4 Å². The van der Waals surface area contributed by atoms with Crippen molar-refractivity contribution in [1.29, 1.82) is 0 Å². The third kappa shape index (κ3) is 2.76. The number of esters is 2. The molecule has 0 aromatic carbocycles. The maximum Gasteiger partial charge on any atom is 0.312 e. The summed E-state index contributed by atoms with van der Waals surface area (Å²) < 4.78 is 7.59. The van der Waals surface area contributed by atoms with Gasteiger partial charge in [-0.05, 0) is 0 Å². The molecule has 0 aliphatic heterocycles. The molecule has 4 atom stereocenters. The molecule has 0 spiro atoms. The van der Waals surface area contributed by atoms with E-state index in [1.54, 1.807) is 0 Å². The van der Waals surface area contributed by atoms with Gasteiger partial charge in [0.05, 0.1) is 35.1 Å². The van der Waals surface area contributed by atoms with Crippen LogP contribution in [0.25, 0.3) is 0 Å². The summed E-state index contributed by atoms with van der Waals surface area (Å²) in [7, 11) is 0. The molecule has 2 bridgehead atoms. The van der Waals surface area contributed by atoms with Crippen LogP contribution in [0.3, 0.4) is 0 Å². The number of alkyl halides is 4. The highest BCUT2D eigenvalue weighted by Gasteiger charge is 2.85. The lowest BCUT2D eigenvalue weighted by Crippen LogP contribution is -2.46. The van der Waals surface area contributed by atoms with Gasteiger partial charge in [0.25, 0.3) is 0 Å². The molecule has 25 heavy (non-hydrogen) atoms. The van der Waals surface area contributed by atoms with Crippen LogP contribution in [0.4, 0.5) is 0 Å². The second-order valence-corrected chi connectivity index (χ2v) is 8.64. The van der Waals surface area contributed by atoms with Crippen LogP contribution < -0.4 is 0 Å². The molecule has 2 N–H and O–H groups in total. The fraction of sp³-hybridized carbons (Fsp3) is 0.692. The summed E-state index contributed by atoms with van der Waals surface area (Å²) in [5.74, 6) is -5.08. The van der Waals surface area contributed by atoms with Crippen LogP contribution in [0.15, 0.2) is 10.1 Å². The molecule has 12 heteroatoms. The highest BCUT2D eigenvalue weighted by Crippen LogP contribution is 2.76. The van der Waals surface area contributed by atoms with Crippen LogP contribution in [0.5, 0.6) is 0 Å². The number of aliphatic hydroxyl groups is 2. The molecule has 0 aromatic heterocycles. The first-order valence-corrected chi connectivity index (χ1v) is 9.17. The molecule has 4 unspecified atom stereocenters. The summed E-state index contributed by atoms with van der Waals surface area (Å²) in [4.78, 5) is 20.9. The van der Waals surface area contributed by atoms with Crippen molar-refractivity contribution in [2.45, 2.75) is 14.1 Å². The highest BCUT2D eigenvalue weighted by molar-refractivity contribution is 6.66. The van der Waals surface area contributed by atoms with Gasteiger partial charge in [0.1, 0.15) is 23.0 Å². The summed E-state index contributed by atoms with van der Waals surface area (Å²) in [5, 5.41) is 17.1. The van der Waals surface area contributed by atoms with Gasteiger partial charge in [0.2, 0.25) is 0 Å². The first-order chi connectivity index (χ1) is 11.5. The summed E-state index contributed by atoms with van der Waals surface area (Å²) in [6.07, 6.45) is 0. The van der Waals surface area contributed by atoms with E-state index >= 15 is 0 Å². The molecule has 2 aliphatic carbocycles. The number of rotatable bonds is 6. The van der Waals surface area contributed by atoms with Crippen LogP contribution >= 0.6 is 69.6 Å². The molecule has 0 radical (unpaired) electrons. The van der Waals surface area contributed by atoms with Crippen molar-refractivity contribution in [1.82, 2.24) is 0 Å². The summed E-state index contributed by atoms with van der Waals surface area (Å²) in [6.45, 7) is -1.64. The molecule has 0 aromatic rings. The van der Waals surface area contributed by atoms with Crippen LogP contribution in [0.2, 0.25) is 0 Å². The molecule has 0 heterocycles. The second-order valence-electron chi connectivity index (χ2n) is 5.36. The Hall–Kier alpha value is 0.340. The molecule has 1 saturated carbocycles. The summed E-state index contributed by atoms with van der Waals surface area (Å²) in [6, 6.07) is 0. The van der Waals surface area contributed by atoms with E-state index < -0.39 is 51.1 Å². The van der Waals surface area contributed by atoms with E-state index in [0.717, 1.165) is 0 Å². The molecule has 6 nitrogen and oxygen atoms in total. The Morgan fingerprint density at radius 2 is 1.16 bits per heavy atom. The van der Waals surface area contributed by atoms with E-state index in [1.165, 1.54) is 0 Å². The summed E-state index contributed by atoms with van der Waals surface area (Å²) in [5.41, 5.74) is 0. The lowest BCUT2D eigenvalue weighted by molar-refractivity contribution is -0.161. The zero-order valence-corrected chi connectivity index (χ0v) is 16.8. The fourth-order valence-electron chi connectivity index (χ4n) is 3.05. The minimum absolute atomic E-state index is 0.284. The number of allylic oxidation sites excluding steroid dienone is 2. The average Bonchev–Trinajstić information content (AvgIpc) is 2.77. The minimum Gasteiger partial charge on any atom is -0.463 e. The van der Waals surface area contributed by atoms with Gasteiger partial charge in [-0.25, -0.2) is 0 Å². The number of carbonyl (C=O) groups excluding carboxylic acids is 2. The Morgan fingerprint density at radius 1 is 0.840 bits per heavy atom. The van der Waals surface area contributed by atoms with Crippen LogP contribution in [-0.4, -0.2) is 62.7 Å². The maximum absolute atomic E-state index is 12.5. The number of hydrogen-bond acceptors (Lipinski definition) is 6. The van der Waals surface area contributed by atoms with Crippen molar-refractivity contribution in [3.05, 3.63) is 10.1 Å². The van der Waals surface area contributed by atoms with E-state index in [9.17, 15) is 9.59 Å². The third-order valence-corrected chi connectivity index (χ3v) is 8.37. The van der Waals surface area contributed by atoms with Gasteiger partial charge in [-0.3, -0.25) is 9.59 Å². The highest BCUT2D eigenvalue weighted by atomic mass is 35.5. The van der Waals surface area contributed by atoms with Crippen LogP contribution in [0.1, 0.15) is 0 Å². The number of carbonyl (C=O) groups is 2. The van der Waals surface area contributed by atoms with Gasteiger partial charge in [-0.2, -0.15) is 0 Å². The lowest BCUT2D eigenvalue weighted by atomic mass is 9.82. The van der Waals surface area contributed by atoms with Gasteiger partial charge < -0.3 is 19.7 Å². The zero-order valence-electron chi connectivity index (χ0n) is 12.3. The normalized spacial score (nSPS) is 35.8. The Labute approximate surface area is 172 Å².